The van der Waals surface area contributed by atoms with Gasteiger partial charge in [-0.05, 0) is 18.6 Å². The average molecular weight is 179 g/mol. The lowest BCUT2D eigenvalue weighted by molar-refractivity contribution is -0.298. The number of hydrogen-bond donors (Lipinski definition) is 0. The van der Waals surface area contributed by atoms with Crippen LogP contribution in [-0.4, -0.2) is 25.0 Å². The van der Waals surface area contributed by atoms with E-state index >= 15 is 0 Å². The molecule has 0 bridgehead atoms. The molecule has 0 aromatic carbocycles. The number of carboxylic acids is 1. The quantitative estimate of drug-likeness (QED) is 0.337. The second-order valence-electron chi connectivity index (χ2n) is 2.79. The Morgan fingerprint density at radius 1 is 1.54 bits per heavy atom. The second kappa shape index (κ2) is 4.99. The molecule has 0 saturated carbocycles. The molecule has 0 spiro atoms. The summed E-state index contributed by atoms with van der Waals surface area (Å²) >= 11 is 0. The smallest absolute Gasteiger partial charge is 0.101 e. The summed E-state index contributed by atoms with van der Waals surface area (Å²) in [5.41, 5.74) is 0.321. The van der Waals surface area contributed by atoms with E-state index in [2.05, 4.69) is 0 Å². The van der Waals surface area contributed by atoms with Crippen molar-refractivity contribution in [1.29, 1.82) is 5.26 Å². The van der Waals surface area contributed by atoms with E-state index < -0.39 is 5.97 Å². The van der Waals surface area contributed by atoms with E-state index in [1.807, 2.05) is 14.1 Å². The Kier molecular flexibility index (Phi) is 4.31. The molecule has 0 atom stereocenters. The molecule has 0 rings (SSSR count). The zero-order valence-electron chi connectivity index (χ0n) is 7.87. The van der Waals surface area contributed by atoms with Gasteiger partial charge >= 0.3 is 0 Å². The van der Waals surface area contributed by atoms with Crippen molar-refractivity contribution < 1.29 is 9.90 Å². The molecule has 0 amide bonds. The van der Waals surface area contributed by atoms with E-state index in [0.29, 0.717) is 5.57 Å². The Morgan fingerprint density at radius 2 is 2.08 bits per heavy atom. The van der Waals surface area contributed by atoms with Gasteiger partial charge in [-0.1, -0.05) is 0 Å². The zero-order valence-corrected chi connectivity index (χ0v) is 7.87. The number of carbonyl (C=O) groups is 1. The molecule has 0 aliphatic rings. The Balaban J connectivity index is 4.73. The average Bonchev–Trinajstić information content (AvgIpc) is 1.98. The molecule has 0 aromatic rings. The Bertz CT molecular complexity index is 295. The van der Waals surface area contributed by atoms with Crippen molar-refractivity contribution in [1.82, 2.24) is 4.90 Å². The minimum atomic E-state index is -1.45. The number of aliphatic carboxylic acids is 1. The first-order chi connectivity index (χ1) is 5.97. The van der Waals surface area contributed by atoms with E-state index in [9.17, 15) is 9.90 Å². The lowest BCUT2D eigenvalue weighted by atomic mass is 10.2. The van der Waals surface area contributed by atoms with Crippen molar-refractivity contribution in [2.45, 2.75) is 6.92 Å². The minimum absolute atomic E-state index is 0.365. The van der Waals surface area contributed by atoms with Gasteiger partial charge in [-0.3, -0.25) is 0 Å². The van der Waals surface area contributed by atoms with Crippen molar-refractivity contribution in [2.24, 2.45) is 0 Å². The molecule has 0 heterocycles. The number of nitrogens with zero attached hydrogens (tertiary/aromatic N) is 2. The fourth-order valence-corrected chi connectivity index (χ4v) is 0.809. The molecule has 4 nitrogen and oxygen atoms in total. The van der Waals surface area contributed by atoms with Crippen LogP contribution in [0.4, 0.5) is 0 Å². The molecule has 70 valence electrons. The summed E-state index contributed by atoms with van der Waals surface area (Å²) in [4.78, 5) is 12.1. The lowest BCUT2D eigenvalue weighted by Gasteiger charge is -2.05. The summed E-state index contributed by atoms with van der Waals surface area (Å²) in [7, 11) is 3.62. The maximum absolute atomic E-state index is 10.3. The first-order valence-electron chi connectivity index (χ1n) is 3.65. The number of allylic oxidation sites excluding steroid dienone is 2. The zero-order chi connectivity index (χ0) is 10.4. The summed E-state index contributed by atoms with van der Waals surface area (Å²) in [5.74, 6) is -1.45. The Morgan fingerprint density at radius 3 is 2.38 bits per heavy atom. The molecule has 0 fully saturated rings. The van der Waals surface area contributed by atoms with Gasteiger partial charge in [-0.25, -0.2) is 0 Å². The van der Waals surface area contributed by atoms with Gasteiger partial charge in [0.2, 0.25) is 0 Å². The second-order valence-corrected chi connectivity index (χ2v) is 2.79. The first kappa shape index (κ1) is 11.2. The summed E-state index contributed by atoms with van der Waals surface area (Å²) in [5, 5.41) is 18.7. The van der Waals surface area contributed by atoms with Crippen LogP contribution in [0.15, 0.2) is 23.4 Å². The van der Waals surface area contributed by atoms with Gasteiger partial charge < -0.3 is 14.8 Å². The fourth-order valence-electron chi connectivity index (χ4n) is 0.809. The summed E-state index contributed by atoms with van der Waals surface area (Å²) in [6.45, 7) is 1.71. The molecule has 0 unspecified atom stereocenters. The number of nitriles is 1. The van der Waals surface area contributed by atoms with E-state index in [0.717, 1.165) is 0 Å². The maximum atomic E-state index is 10.3. The van der Waals surface area contributed by atoms with Crippen molar-refractivity contribution in [2.75, 3.05) is 14.1 Å². The van der Waals surface area contributed by atoms with Crippen LogP contribution in [0.3, 0.4) is 0 Å². The van der Waals surface area contributed by atoms with Crippen LogP contribution in [0.1, 0.15) is 6.92 Å². The van der Waals surface area contributed by atoms with Gasteiger partial charge in [0, 0.05) is 20.3 Å². The van der Waals surface area contributed by atoms with Crippen molar-refractivity contribution in [3.8, 4) is 6.07 Å². The summed E-state index contributed by atoms with van der Waals surface area (Å²) in [6, 6.07) is 1.55. The van der Waals surface area contributed by atoms with Crippen molar-refractivity contribution >= 4 is 5.97 Å². The molecular weight excluding hydrogens is 168 g/mol. The Labute approximate surface area is 77.4 Å². The van der Waals surface area contributed by atoms with Crippen LogP contribution in [0, 0.1) is 11.3 Å². The molecule has 0 saturated heterocycles. The maximum Gasteiger partial charge on any atom is 0.101 e. The van der Waals surface area contributed by atoms with E-state index in [4.69, 9.17) is 5.26 Å². The van der Waals surface area contributed by atoms with Crippen LogP contribution in [-0.2, 0) is 4.79 Å². The largest absolute Gasteiger partial charge is 0.544 e. The topological polar surface area (TPSA) is 67.2 Å². The third kappa shape index (κ3) is 4.64. The SMILES string of the molecule is CC(=CN(C)C)C=C(C#N)C(=O)[O-]. The van der Waals surface area contributed by atoms with Gasteiger partial charge in [-0.2, -0.15) is 5.26 Å². The van der Waals surface area contributed by atoms with Crippen LogP contribution in [0.5, 0.6) is 0 Å². The molecule has 4 heteroatoms. The molecule has 13 heavy (non-hydrogen) atoms. The standard InChI is InChI=1S/C9H12N2O2/c1-7(6-11(2)3)4-8(5-10)9(12)13/h4,6H,1-3H3,(H,12,13)/p-1. The van der Waals surface area contributed by atoms with Gasteiger partial charge in [0.25, 0.3) is 0 Å². The van der Waals surface area contributed by atoms with Gasteiger partial charge in [0.05, 0.1) is 11.5 Å². The normalized spacial score (nSPS) is 12.2. The molecule has 0 aromatic heterocycles. The Hall–Kier alpha value is -1.76. The highest BCUT2D eigenvalue weighted by Crippen LogP contribution is 2.01. The van der Waals surface area contributed by atoms with Crippen LogP contribution < -0.4 is 5.11 Å². The highest BCUT2D eigenvalue weighted by Gasteiger charge is 1.95. The van der Waals surface area contributed by atoms with E-state index in [1.54, 1.807) is 24.1 Å². The van der Waals surface area contributed by atoms with Crippen molar-refractivity contribution in [3.63, 3.8) is 0 Å². The summed E-state index contributed by atoms with van der Waals surface area (Å²) in [6.07, 6.45) is 2.98. The highest BCUT2D eigenvalue weighted by molar-refractivity contribution is 5.89. The van der Waals surface area contributed by atoms with E-state index in [1.165, 1.54) is 6.08 Å². The number of rotatable bonds is 3. The molecule has 0 aliphatic heterocycles. The predicted molar refractivity (Wildman–Crippen MR) is 46.1 cm³/mol. The fraction of sp³-hybridized carbons (Fsp3) is 0.333. The minimum Gasteiger partial charge on any atom is -0.544 e. The number of carbonyl (C=O) groups excluding carboxylic acids is 1. The monoisotopic (exact) mass is 179 g/mol. The highest BCUT2D eigenvalue weighted by atomic mass is 16.4. The van der Waals surface area contributed by atoms with Crippen LogP contribution >= 0.6 is 0 Å². The summed E-state index contributed by atoms with van der Waals surface area (Å²) < 4.78 is 0. The van der Waals surface area contributed by atoms with Crippen LogP contribution in [0.2, 0.25) is 0 Å². The van der Waals surface area contributed by atoms with E-state index in [-0.39, 0.29) is 5.57 Å². The predicted octanol–water partition coefficient (Wildman–Crippen LogP) is -0.348. The first-order valence-corrected chi connectivity index (χ1v) is 3.65. The molecule has 0 aliphatic carbocycles. The number of carboxylic acid groups (broad SMARTS) is 1. The van der Waals surface area contributed by atoms with Gasteiger partial charge in [0.1, 0.15) is 6.07 Å². The lowest BCUT2D eigenvalue weighted by Crippen LogP contribution is -2.23. The molecule has 0 N–H and O–H groups in total. The van der Waals surface area contributed by atoms with Crippen molar-refractivity contribution in [3.05, 3.63) is 23.4 Å². The third-order valence-corrected chi connectivity index (χ3v) is 1.17. The molecule has 0 radical (unpaired) electrons. The molecular formula is C9H11N2O2-. The van der Waals surface area contributed by atoms with Gasteiger partial charge in [0.15, 0.2) is 0 Å². The third-order valence-electron chi connectivity index (χ3n) is 1.17. The van der Waals surface area contributed by atoms with Crippen LogP contribution in [0.25, 0.3) is 0 Å². The van der Waals surface area contributed by atoms with Gasteiger partial charge in [-0.15, -0.1) is 0 Å². The number of hydrogen-bond acceptors (Lipinski definition) is 4.